The summed E-state index contributed by atoms with van der Waals surface area (Å²) < 4.78 is 0. The maximum absolute atomic E-state index is 12.2. The van der Waals surface area contributed by atoms with Crippen molar-refractivity contribution in [3.63, 3.8) is 0 Å². The standard InChI is InChI=1S/C14H18N2O2/c1-9-4-5-11(6-10(9)2)16-13(18)14(3)7-12(17)15-8-14/h4-6H,7-8H2,1-3H3,(H,15,17)(H,16,18). The number of benzene rings is 1. The zero-order chi connectivity index (χ0) is 13.3. The summed E-state index contributed by atoms with van der Waals surface area (Å²) in [7, 11) is 0. The molecule has 1 aliphatic rings. The topological polar surface area (TPSA) is 58.2 Å². The third kappa shape index (κ3) is 2.37. The highest BCUT2D eigenvalue weighted by Crippen LogP contribution is 2.27. The molecule has 2 rings (SSSR count). The second-order valence-electron chi connectivity index (χ2n) is 5.27. The first-order valence-corrected chi connectivity index (χ1v) is 6.06. The summed E-state index contributed by atoms with van der Waals surface area (Å²) in [6.07, 6.45) is 0.254. The van der Waals surface area contributed by atoms with Crippen LogP contribution in [0.3, 0.4) is 0 Å². The second-order valence-corrected chi connectivity index (χ2v) is 5.27. The molecule has 0 radical (unpaired) electrons. The summed E-state index contributed by atoms with van der Waals surface area (Å²) in [6, 6.07) is 5.81. The van der Waals surface area contributed by atoms with E-state index in [0.29, 0.717) is 6.54 Å². The quantitative estimate of drug-likeness (QED) is 0.835. The van der Waals surface area contributed by atoms with Crippen molar-refractivity contribution >= 4 is 17.5 Å². The van der Waals surface area contributed by atoms with E-state index in [0.717, 1.165) is 11.3 Å². The predicted octanol–water partition coefficient (Wildman–Crippen LogP) is 1.77. The van der Waals surface area contributed by atoms with E-state index < -0.39 is 5.41 Å². The first kappa shape index (κ1) is 12.6. The van der Waals surface area contributed by atoms with Crippen LogP contribution in [0.25, 0.3) is 0 Å². The lowest BCUT2D eigenvalue weighted by Gasteiger charge is -2.20. The van der Waals surface area contributed by atoms with E-state index in [1.54, 1.807) is 6.92 Å². The van der Waals surface area contributed by atoms with E-state index in [1.165, 1.54) is 5.56 Å². The average Bonchev–Trinajstić information content (AvgIpc) is 2.65. The van der Waals surface area contributed by atoms with Crippen molar-refractivity contribution in [1.29, 1.82) is 0 Å². The number of anilines is 1. The average molecular weight is 246 g/mol. The molecule has 1 saturated heterocycles. The molecule has 2 N–H and O–H groups in total. The number of carbonyl (C=O) groups is 2. The zero-order valence-electron chi connectivity index (χ0n) is 11.0. The summed E-state index contributed by atoms with van der Waals surface area (Å²) in [5, 5.41) is 5.58. The van der Waals surface area contributed by atoms with Gasteiger partial charge < -0.3 is 10.6 Å². The van der Waals surface area contributed by atoms with E-state index in [2.05, 4.69) is 10.6 Å². The van der Waals surface area contributed by atoms with Gasteiger partial charge in [0.15, 0.2) is 0 Å². The summed E-state index contributed by atoms with van der Waals surface area (Å²) >= 11 is 0. The monoisotopic (exact) mass is 246 g/mol. The lowest BCUT2D eigenvalue weighted by Crippen LogP contribution is -2.35. The number of carbonyl (C=O) groups excluding carboxylic acids is 2. The largest absolute Gasteiger partial charge is 0.355 e. The molecule has 1 aromatic rings. The molecule has 18 heavy (non-hydrogen) atoms. The van der Waals surface area contributed by atoms with Crippen LogP contribution in [0.1, 0.15) is 24.5 Å². The van der Waals surface area contributed by atoms with Gasteiger partial charge in [0, 0.05) is 18.7 Å². The first-order valence-electron chi connectivity index (χ1n) is 6.06. The molecule has 1 aromatic carbocycles. The Bertz CT molecular complexity index is 511. The molecule has 1 unspecified atom stereocenters. The molecule has 1 atom stereocenters. The van der Waals surface area contributed by atoms with Gasteiger partial charge in [-0.25, -0.2) is 0 Å². The maximum atomic E-state index is 12.2. The van der Waals surface area contributed by atoms with Gasteiger partial charge in [-0.2, -0.15) is 0 Å². The number of aryl methyl sites for hydroxylation is 2. The number of rotatable bonds is 2. The second kappa shape index (κ2) is 4.44. The van der Waals surface area contributed by atoms with Crippen LogP contribution in [0.4, 0.5) is 5.69 Å². The number of hydrogen-bond donors (Lipinski definition) is 2. The molecule has 1 aliphatic heterocycles. The van der Waals surface area contributed by atoms with Crippen LogP contribution in [0, 0.1) is 19.3 Å². The van der Waals surface area contributed by atoms with Crippen molar-refractivity contribution in [2.75, 3.05) is 11.9 Å². The van der Waals surface area contributed by atoms with Gasteiger partial charge in [-0.05, 0) is 44.0 Å². The Labute approximate surface area is 107 Å². The van der Waals surface area contributed by atoms with Crippen molar-refractivity contribution in [1.82, 2.24) is 5.32 Å². The lowest BCUT2D eigenvalue weighted by atomic mass is 9.88. The Hall–Kier alpha value is -1.84. The van der Waals surface area contributed by atoms with Crippen LogP contribution in [-0.2, 0) is 9.59 Å². The third-order valence-corrected chi connectivity index (χ3v) is 3.54. The summed E-state index contributed by atoms with van der Waals surface area (Å²) in [6.45, 7) is 6.25. The van der Waals surface area contributed by atoms with Crippen LogP contribution in [0.15, 0.2) is 18.2 Å². The predicted molar refractivity (Wildman–Crippen MR) is 70.3 cm³/mol. The molecule has 1 heterocycles. The van der Waals surface area contributed by atoms with E-state index in [-0.39, 0.29) is 18.2 Å². The molecule has 0 aromatic heterocycles. The van der Waals surface area contributed by atoms with Crippen molar-refractivity contribution < 1.29 is 9.59 Å². The maximum Gasteiger partial charge on any atom is 0.232 e. The Kier molecular flexibility index (Phi) is 3.11. The van der Waals surface area contributed by atoms with Crippen LogP contribution >= 0.6 is 0 Å². The lowest BCUT2D eigenvalue weighted by molar-refractivity contribution is -0.126. The molecule has 0 bridgehead atoms. The molecule has 96 valence electrons. The summed E-state index contributed by atoms with van der Waals surface area (Å²) in [5.41, 5.74) is 2.47. The molecule has 1 fully saturated rings. The van der Waals surface area contributed by atoms with Crippen molar-refractivity contribution in [2.45, 2.75) is 27.2 Å². The molecule has 4 nitrogen and oxygen atoms in total. The normalized spacial score (nSPS) is 22.7. The molecule has 0 aliphatic carbocycles. The molecule has 0 spiro atoms. The highest BCUT2D eigenvalue weighted by molar-refractivity contribution is 5.99. The SMILES string of the molecule is Cc1ccc(NC(=O)C2(C)CNC(=O)C2)cc1C. The van der Waals surface area contributed by atoms with Gasteiger partial charge in [0.05, 0.1) is 5.41 Å². The van der Waals surface area contributed by atoms with E-state index in [4.69, 9.17) is 0 Å². The fourth-order valence-electron chi connectivity index (χ4n) is 2.03. The van der Waals surface area contributed by atoms with Gasteiger partial charge in [0.25, 0.3) is 0 Å². The first-order chi connectivity index (χ1) is 8.40. The molecular weight excluding hydrogens is 228 g/mol. The fraction of sp³-hybridized carbons (Fsp3) is 0.429. The van der Waals surface area contributed by atoms with Crippen LogP contribution in [0.5, 0.6) is 0 Å². The fourth-order valence-corrected chi connectivity index (χ4v) is 2.03. The van der Waals surface area contributed by atoms with E-state index in [1.807, 2.05) is 32.0 Å². The van der Waals surface area contributed by atoms with Crippen LogP contribution in [0.2, 0.25) is 0 Å². The third-order valence-electron chi connectivity index (χ3n) is 3.54. The van der Waals surface area contributed by atoms with Crippen LogP contribution < -0.4 is 10.6 Å². The van der Waals surface area contributed by atoms with Crippen molar-refractivity contribution in [2.24, 2.45) is 5.41 Å². The van der Waals surface area contributed by atoms with Gasteiger partial charge in [-0.15, -0.1) is 0 Å². The zero-order valence-corrected chi connectivity index (χ0v) is 11.0. The number of hydrogen-bond acceptors (Lipinski definition) is 2. The van der Waals surface area contributed by atoms with Gasteiger partial charge in [-0.3, -0.25) is 9.59 Å². The van der Waals surface area contributed by atoms with E-state index in [9.17, 15) is 9.59 Å². The molecule has 0 saturated carbocycles. The minimum absolute atomic E-state index is 0.0623. The Balaban J connectivity index is 2.11. The smallest absolute Gasteiger partial charge is 0.232 e. The Morgan fingerprint density at radius 2 is 2.06 bits per heavy atom. The summed E-state index contributed by atoms with van der Waals surface area (Å²) in [4.78, 5) is 23.4. The minimum Gasteiger partial charge on any atom is -0.355 e. The van der Waals surface area contributed by atoms with E-state index >= 15 is 0 Å². The molecule has 2 amide bonds. The highest BCUT2D eigenvalue weighted by atomic mass is 16.2. The van der Waals surface area contributed by atoms with Crippen molar-refractivity contribution in [3.05, 3.63) is 29.3 Å². The van der Waals surface area contributed by atoms with Gasteiger partial charge in [0.1, 0.15) is 0 Å². The molecular formula is C14H18N2O2. The van der Waals surface area contributed by atoms with Gasteiger partial charge in [0.2, 0.25) is 11.8 Å². The highest BCUT2D eigenvalue weighted by Gasteiger charge is 2.40. The minimum atomic E-state index is -0.643. The Morgan fingerprint density at radius 1 is 1.33 bits per heavy atom. The van der Waals surface area contributed by atoms with Crippen LogP contribution in [-0.4, -0.2) is 18.4 Å². The van der Waals surface area contributed by atoms with Crippen molar-refractivity contribution in [3.8, 4) is 0 Å². The number of amides is 2. The summed E-state index contributed by atoms with van der Waals surface area (Å²) in [5.74, 6) is -0.170. The Morgan fingerprint density at radius 3 is 2.61 bits per heavy atom. The van der Waals surface area contributed by atoms with Gasteiger partial charge >= 0.3 is 0 Å². The number of nitrogens with one attached hydrogen (secondary N) is 2. The molecule has 4 heteroatoms. The van der Waals surface area contributed by atoms with Gasteiger partial charge in [-0.1, -0.05) is 6.07 Å².